The Morgan fingerprint density at radius 1 is 0.591 bits per heavy atom. The normalized spacial score (nSPS) is 14.2. The Bertz CT molecular complexity index is 3280. The number of halogens is 3. The van der Waals surface area contributed by atoms with Crippen LogP contribution in [0.1, 0.15) is 38.8 Å². The lowest BCUT2D eigenvalue weighted by molar-refractivity contribution is 0.00578. The van der Waals surface area contributed by atoms with E-state index in [4.69, 9.17) is 20.9 Å². The summed E-state index contributed by atoms with van der Waals surface area (Å²) in [6, 6.07) is 18.8. The summed E-state index contributed by atoms with van der Waals surface area (Å²) < 4.78 is 94.1. The SMILES string of the molecule is Cc1cnc(F)c(-c2nccc3cc(S(=O)(=O)Nc4ccncn4)ccc23)c1.Cc1cnc(F)c(B2OC(C)(C)C(C)(C)O2)c1.O=S(=O)(Nc1ccncn1)c1ccc2c(Cl)nccc2c1. The highest BCUT2D eigenvalue weighted by atomic mass is 35.5. The van der Waals surface area contributed by atoms with Gasteiger partial charge in [-0.15, -0.1) is 0 Å². The summed E-state index contributed by atoms with van der Waals surface area (Å²) in [5.74, 6) is -0.793. The standard InChI is InChI=1S/C19H14FN5O2S.C13H9ClN4O2S.C12H17BFNO2/c1-12-8-16(19(20)23-10-12)18-15-3-2-14(9-13(15)4-7-22-18)28(26,27)25-17-5-6-21-11-24-17;14-13-11-2-1-10(7-9(11)3-6-16-13)21(19,20)18-12-4-5-15-8-17-12;1-8-6-9(10(14)15-7-8)13-16-11(2,3)12(4,5)17-13/h2-11H,1H3,(H,21,24,25);1-8H,(H,15,17,18);6-7H,1-5H3. The molecule has 338 valence electrons. The monoisotopic (exact) mass is 952 g/mol. The summed E-state index contributed by atoms with van der Waals surface area (Å²) in [5.41, 5.74) is 1.78. The zero-order valence-electron chi connectivity index (χ0n) is 36.1. The van der Waals surface area contributed by atoms with Gasteiger partial charge < -0.3 is 9.31 Å². The second-order valence-electron chi connectivity index (χ2n) is 15.8. The highest BCUT2D eigenvalue weighted by Crippen LogP contribution is 2.37. The van der Waals surface area contributed by atoms with Crippen LogP contribution in [0.2, 0.25) is 5.15 Å². The van der Waals surface area contributed by atoms with Crippen LogP contribution in [-0.2, 0) is 29.4 Å². The first-order valence-corrected chi connectivity index (χ1v) is 23.2. The number of anilines is 2. The van der Waals surface area contributed by atoms with Gasteiger partial charge in [0.15, 0.2) is 0 Å². The van der Waals surface area contributed by atoms with Crippen molar-refractivity contribution in [3.63, 3.8) is 0 Å². The number of hydrogen-bond acceptors (Lipinski definition) is 14. The number of nitrogens with one attached hydrogen (secondary N) is 2. The summed E-state index contributed by atoms with van der Waals surface area (Å²) in [6.45, 7) is 11.4. The lowest BCUT2D eigenvalue weighted by Gasteiger charge is -2.32. The van der Waals surface area contributed by atoms with Gasteiger partial charge in [-0.05, 0) is 124 Å². The Labute approximate surface area is 384 Å². The number of fused-ring (bicyclic) bond motifs is 2. The Balaban J connectivity index is 0.000000152. The quantitative estimate of drug-likeness (QED) is 0.111. The van der Waals surface area contributed by atoms with Crippen LogP contribution < -0.4 is 14.9 Å². The fraction of sp³-hybridized carbons (Fsp3) is 0.182. The van der Waals surface area contributed by atoms with Gasteiger partial charge in [-0.3, -0.25) is 14.4 Å². The van der Waals surface area contributed by atoms with Crippen LogP contribution in [0.4, 0.5) is 20.4 Å². The summed E-state index contributed by atoms with van der Waals surface area (Å²) in [7, 11) is -8.25. The van der Waals surface area contributed by atoms with Crippen LogP contribution in [0, 0.1) is 25.7 Å². The molecule has 0 bridgehead atoms. The van der Waals surface area contributed by atoms with E-state index in [1.165, 1.54) is 86.2 Å². The molecular formula is C44H40BClF2N10O6S2. The number of nitrogens with zero attached hydrogens (tertiary/aromatic N) is 8. The predicted octanol–water partition coefficient (Wildman–Crippen LogP) is 7.64. The number of aromatic nitrogens is 8. The molecule has 66 heavy (non-hydrogen) atoms. The topological polar surface area (TPSA) is 214 Å². The second-order valence-corrected chi connectivity index (χ2v) is 19.5. The molecule has 0 radical (unpaired) electrons. The predicted molar refractivity (Wildman–Crippen MR) is 247 cm³/mol. The maximum Gasteiger partial charge on any atom is 0.499 e. The van der Waals surface area contributed by atoms with Gasteiger partial charge in [0.1, 0.15) is 29.4 Å². The van der Waals surface area contributed by atoms with Crippen molar-refractivity contribution >= 4 is 77.4 Å². The van der Waals surface area contributed by atoms with Gasteiger partial charge in [0.05, 0.1) is 32.3 Å². The van der Waals surface area contributed by atoms with E-state index < -0.39 is 50.3 Å². The Morgan fingerprint density at radius 2 is 1.09 bits per heavy atom. The zero-order valence-corrected chi connectivity index (χ0v) is 38.5. The third-order valence-electron chi connectivity index (χ3n) is 10.4. The molecule has 2 aromatic carbocycles. The van der Waals surface area contributed by atoms with E-state index >= 15 is 0 Å². The fourth-order valence-electron chi connectivity index (χ4n) is 6.35. The molecule has 0 aliphatic carbocycles. The summed E-state index contributed by atoms with van der Waals surface area (Å²) in [4.78, 5) is 31.0. The molecule has 22 heteroatoms. The maximum absolute atomic E-state index is 14.2. The molecule has 6 aromatic heterocycles. The molecule has 0 spiro atoms. The first kappa shape index (κ1) is 47.3. The molecule has 1 aliphatic heterocycles. The third kappa shape index (κ3) is 10.7. The van der Waals surface area contributed by atoms with Gasteiger partial charge in [0.25, 0.3) is 20.0 Å². The second kappa shape index (κ2) is 19.1. The van der Waals surface area contributed by atoms with Crippen molar-refractivity contribution < 1.29 is 34.9 Å². The number of sulfonamides is 2. The number of aryl methyl sites for hydroxylation is 2. The van der Waals surface area contributed by atoms with E-state index in [0.717, 1.165) is 11.1 Å². The molecule has 0 amide bonds. The molecule has 1 aliphatic rings. The van der Waals surface area contributed by atoms with Gasteiger partial charge >= 0.3 is 7.12 Å². The molecule has 1 saturated heterocycles. The summed E-state index contributed by atoms with van der Waals surface area (Å²) in [6.07, 6.45) is 11.4. The molecule has 0 unspecified atom stereocenters. The molecule has 1 fully saturated rings. The van der Waals surface area contributed by atoms with Crippen molar-refractivity contribution in [1.82, 2.24) is 39.9 Å². The Morgan fingerprint density at radius 3 is 1.64 bits per heavy atom. The van der Waals surface area contributed by atoms with Crippen LogP contribution >= 0.6 is 11.6 Å². The van der Waals surface area contributed by atoms with Crippen LogP contribution in [0.25, 0.3) is 32.8 Å². The van der Waals surface area contributed by atoms with E-state index in [-0.39, 0.29) is 27.0 Å². The van der Waals surface area contributed by atoms with Crippen molar-refractivity contribution in [2.45, 2.75) is 62.5 Å². The average Bonchev–Trinajstić information content (AvgIpc) is 3.51. The molecule has 9 rings (SSSR count). The molecular weight excluding hydrogens is 913 g/mol. The van der Waals surface area contributed by atoms with Crippen molar-refractivity contribution in [1.29, 1.82) is 0 Å². The van der Waals surface area contributed by atoms with E-state index in [0.29, 0.717) is 37.9 Å². The Hall–Kier alpha value is -6.65. The highest BCUT2D eigenvalue weighted by Gasteiger charge is 2.52. The van der Waals surface area contributed by atoms with Gasteiger partial charge in [0.2, 0.25) is 11.9 Å². The van der Waals surface area contributed by atoms with E-state index in [1.807, 2.05) is 41.5 Å². The van der Waals surface area contributed by atoms with Gasteiger partial charge in [-0.2, -0.15) is 8.78 Å². The number of rotatable bonds is 8. The molecule has 8 aromatic rings. The third-order valence-corrected chi connectivity index (χ3v) is 13.4. The lowest BCUT2D eigenvalue weighted by Crippen LogP contribution is -2.41. The minimum atomic E-state index is -3.84. The van der Waals surface area contributed by atoms with Gasteiger partial charge in [-0.25, -0.2) is 51.7 Å². The van der Waals surface area contributed by atoms with Crippen molar-refractivity contribution in [2.75, 3.05) is 9.44 Å². The molecule has 0 atom stereocenters. The molecule has 2 N–H and O–H groups in total. The first-order valence-electron chi connectivity index (χ1n) is 19.8. The molecule has 0 saturated carbocycles. The van der Waals surface area contributed by atoms with Gasteiger partial charge in [0, 0.05) is 53.4 Å². The van der Waals surface area contributed by atoms with E-state index in [2.05, 4.69) is 49.3 Å². The minimum absolute atomic E-state index is 0.0543. The van der Waals surface area contributed by atoms with Crippen LogP contribution in [-0.4, -0.2) is 75.0 Å². The smallest absolute Gasteiger partial charge is 0.399 e. The average molecular weight is 953 g/mol. The van der Waals surface area contributed by atoms with Crippen LogP contribution in [0.15, 0.2) is 132 Å². The largest absolute Gasteiger partial charge is 0.499 e. The van der Waals surface area contributed by atoms with Gasteiger partial charge in [-0.1, -0.05) is 23.7 Å². The zero-order chi connectivity index (χ0) is 47.4. The Kier molecular flexibility index (Phi) is 13.7. The number of pyridine rings is 4. The van der Waals surface area contributed by atoms with E-state index in [9.17, 15) is 25.6 Å². The number of hydrogen-bond donors (Lipinski definition) is 2. The lowest BCUT2D eigenvalue weighted by atomic mass is 9.79. The molecule has 16 nitrogen and oxygen atoms in total. The summed E-state index contributed by atoms with van der Waals surface area (Å²) >= 11 is 5.96. The summed E-state index contributed by atoms with van der Waals surface area (Å²) in [5, 5.41) is 2.95. The van der Waals surface area contributed by atoms with Crippen LogP contribution in [0.5, 0.6) is 0 Å². The highest BCUT2D eigenvalue weighted by molar-refractivity contribution is 7.93. The number of benzene rings is 2. The fourth-order valence-corrected chi connectivity index (χ4v) is 8.66. The maximum atomic E-state index is 14.2. The van der Waals surface area contributed by atoms with Crippen LogP contribution in [0.3, 0.4) is 0 Å². The minimum Gasteiger partial charge on any atom is -0.399 e. The molecule has 7 heterocycles. The first-order chi connectivity index (χ1) is 31.2. The van der Waals surface area contributed by atoms with E-state index in [1.54, 1.807) is 36.4 Å². The van der Waals surface area contributed by atoms with Crippen molar-refractivity contribution in [2.24, 2.45) is 0 Å². The van der Waals surface area contributed by atoms with Crippen molar-refractivity contribution in [3.8, 4) is 11.3 Å². The van der Waals surface area contributed by atoms with Crippen molar-refractivity contribution in [3.05, 3.63) is 151 Å².